The molecule has 1 heterocycles. The molecule has 8 nitrogen and oxygen atoms in total. The zero-order valence-corrected chi connectivity index (χ0v) is 19.9. The number of ether oxygens (including phenoxy) is 1. The minimum atomic E-state index is -5.18. The van der Waals surface area contributed by atoms with Crippen molar-refractivity contribution in [2.45, 2.75) is 36.2 Å². The van der Waals surface area contributed by atoms with Crippen molar-refractivity contribution in [1.29, 1.82) is 5.26 Å². The number of pyridine rings is 1. The molecule has 0 bridgehead atoms. The molecule has 189 valence electrons. The lowest BCUT2D eigenvalue weighted by Crippen LogP contribution is -2.38. The molecule has 0 fully saturated rings. The molecular weight excluding hydrogens is 503 g/mol. The molecule has 0 saturated heterocycles. The molecule has 0 aliphatic rings. The summed E-state index contributed by atoms with van der Waals surface area (Å²) < 4.78 is 60.5. The van der Waals surface area contributed by atoms with Gasteiger partial charge in [0, 0.05) is 23.6 Å². The van der Waals surface area contributed by atoms with Crippen molar-refractivity contribution in [3.8, 4) is 11.9 Å². The number of alkyl halides is 3. The summed E-state index contributed by atoms with van der Waals surface area (Å²) in [5.74, 6) is 4.34. The first-order valence-electron chi connectivity index (χ1n) is 10.2. The number of benzene rings is 1. The van der Waals surface area contributed by atoms with Gasteiger partial charge in [-0.25, -0.2) is 15.2 Å². The lowest BCUT2D eigenvalue weighted by Gasteiger charge is -2.25. The van der Waals surface area contributed by atoms with Crippen LogP contribution < -0.4 is 15.6 Å². The van der Waals surface area contributed by atoms with Crippen molar-refractivity contribution < 1.29 is 36.7 Å². The zero-order valence-electron chi connectivity index (χ0n) is 19.1. The molecule has 14 heteroatoms. The van der Waals surface area contributed by atoms with Crippen LogP contribution in [0.2, 0.25) is 0 Å². The number of hydrazine groups is 1. The maximum Gasteiger partial charge on any atom is 0.432 e. The third-order valence-electron chi connectivity index (χ3n) is 3.92. The van der Waals surface area contributed by atoms with Gasteiger partial charge >= 0.3 is 6.18 Å². The Balaban J connectivity index is 0.00000316. The summed E-state index contributed by atoms with van der Waals surface area (Å²) in [6, 6.07) is 6.39. The number of carbonyl (C=O) groups excluding carboxylic acids is 3. The van der Waals surface area contributed by atoms with Crippen molar-refractivity contribution in [3.63, 3.8) is 0 Å². The lowest BCUT2D eigenvalue weighted by molar-refractivity contribution is -0.110. The number of aldehydes is 1. The number of hydrogen-bond donors (Lipinski definition) is 1. The summed E-state index contributed by atoms with van der Waals surface area (Å²) in [7, 11) is 0.338. The summed E-state index contributed by atoms with van der Waals surface area (Å²) in [5.41, 5.74) is -4.06. The number of aromatic nitrogens is 1. The van der Waals surface area contributed by atoms with Crippen molar-refractivity contribution >= 4 is 42.9 Å². The second-order valence-electron chi connectivity index (χ2n) is 6.23. The summed E-state index contributed by atoms with van der Waals surface area (Å²) in [4.78, 5) is 36.8. The van der Waals surface area contributed by atoms with E-state index in [1.54, 1.807) is 6.07 Å². The fourth-order valence-electron chi connectivity index (χ4n) is 2.45. The quantitative estimate of drug-likeness (QED) is 0.0891. The molecule has 0 atom stereocenters. The van der Waals surface area contributed by atoms with Gasteiger partial charge in [0.15, 0.2) is 0 Å². The first kappa shape index (κ1) is 30.3. The van der Waals surface area contributed by atoms with Crippen molar-refractivity contribution in [1.82, 2.24) is 4.98 Å². The van der Waals surface area contributed by atoms with Gasteiger partial charge in [0.2, 0.25) is 5.88 Å². The van der Waals surface area contributed by atoms with Crippen LogP contribution in [-0.2, 0) is 14.4 Å². The van der Waals surface area contributed by atoms with Gasteiger partial charge in [0.25, 0.3) is 7.28 Å². The first-order valence-corrected chi connectivity index (χ1v) is 11.0. The standard InChI is InChI=1S/C20H14BF4N4O4S.C2H6/c22-13-7-12(10-26)16(34-15-3-1-4-28-19(15)33-6-2-5-30)8-14(13)29(27)17(20(23,24)25)9-18(32)21-11-31;1-2/h1,3-5,7-9,11H,2,6,27H2;1-2H3/b17-9-;. The molecule has 0 unspecified atom stereocenters. The van der Waals surface area contributed by atoms with E-state index in [9.17, 15) is 37.2 Å². The highest BCUT2D eigenvalue weighted by Crippen LogP contribution is 2.39. The Hall–Kier alpha value is -3.70. The Morgan fingerprint density at radius 3 is 2.58 bits per heavy atom. The van der Waals surface area contributed by atoms with E-state index in [-0.39, 0.29) is 46.6 Å². The minimum absolute atomic E-state index is 0.00657. The van der Waals surface area contributed by atoms with Crippen molar-refractivity contribution in [3.05, 3.63) is 53.6 Å². The molecule has 0 spiro atoms. The number of allylic oxidation sites excluding steroid dienone is 2. The lowest BCUT2D eigenvalue weighted by atomic mass is 9.75. The predicted octanol–water partition coefficient (Wildman–Crippen LogP) is 3.78. The van der Waals surface area contributed by atoms with Gasteiger partial charge in [0.1, 0.15) is 29.6 Å². The van der Waals surface area contributed by atoms with E-state index in [4.69, 9.17) is 10.6 Å². The average molecular weight is 523 g/mol. The fourth-order valence-corrected chi connectivity index (χ4v) is 3.42. The highest BCUT2D eigenvalue weighted by Gasteiger charge is 2.39. The maximum absolute atomic E-state index is 14.6. The van der Waals surface area contributed by atoms with Crippen LogP contribution in [0.5, 0.6) is 5.88 Å². The van der Waals surface area contributed by atoms with Gasteiger partial charge in [-0.1, -0.05) is 25.6 Å². The molecule has 1 aromatic heterocycles. The maximum atomic E-state index is 14.6. The highest BCUT2D eigenvalue weighted by molar-refractivity contribution is 7.99. The Morgan fingerprint density at radius 2 is 2.00 bits per heavy atom. The molecule has 0 amide bonds. The Bertz CT molecular complexity index is 1160. The van der Waals surface area contributed by atoms with Crippen LogP contribution in [0.4, 0.5) is 23.2 Å². The number of hydrogen-bond acceptors (Lipinski definition) is 9. The van der Waals surface area contributed by atoms with E-state index in [1.807, 2.05) is 13.8 Å². The highest BCUT2D eigenvalue weighted by atomic mass is 32.2. The Kier molecular flexibility index (Phi) is 12.3. The van der Waals surface area contributed by atoms with Crippen LogP contribution in [-0.4, -0.2) is 43.2 Å². The van der Waals surface area contributed by atoms with Gasteiger partial charge in [-0.15, -0.1) is 0 Å². The predicted molar refractivity (Wildman–Crippen MR) is 125 cm³/mol. The van der Waals surface area contributed by atoms with Gasteiger partial charge in [0.05, 0.1) is 28.9 Å². The second-order valence-corrected chi connectivity index (χ2v) is 7.31. The molecule has 1 radical (unpaired) electrons. The van der Waals surface area contributed by atoms with E-state index in [0.717, 1.165) is 17.8 Å². The van der Waals surface area contributed by atoms with Gasteiger partial charge < -0.3 is 19.1 Å². The van der Waals surface area contributed by atoms with Gasteiger partial charge in [-0.05, 0) is 24.3 Å². The summed E-state index contributed by atoms with van der Waals surface area (Å²) in [6.45, 7) is 4.01. The monoisotopic (exact) mass is 523 g/mol. The van der Waals surface area contributed by atoms with Crippen molar-refractivity contribution in [2.24, 2.45) is 5.84 Å². The summed E-state index contributed by atoms with van der Waals surface area (Å²) >= 11 is 0.838. The largest absolute Gasteiger partial charge is 0.476 e. The number of anilines is 1. The van der Waals surface area contributed by atoms with Crippen LogP contribution in [0.15, 0.2) is 52.0 Å². The third kappa shape index (κ3) is 8.51. The van der Waals surface area contributed by atoms with E-state index in [1.165, 1.54) is 18.3 Å². The van der Waals surface area contributed by atoms with Gasteiger partial charge in [-0.3, -0.25) is 5.01 Å². The Morgan fingerprint density at radius 1 is 1.31 bits per heavy atom. The van der Waals surface area contributed by atoms with E-state index < -0.39 is 29.1 Å². The van der Waals surface area contributed by atoms with Gasteiger partial charge in [-0.2, -0.15) is 18.4 Å². The minimum Gasteiger partial charge on any atom is -0.476 e. The van der Waals surface area contributed by atoms with E-state index in [2.05, 4.69) is 4.98 Å². The number of nitrogens with two attached hydrogens (primary N) is 1. The van der Waals surface area contributed by atoms with Crippen LogP contribution in [0, 0.1) is 17.1 Å². The molecule has 0 aliphatic heterocycles. The molecule has 0 aliphatic carbocycles. The number of rotatable bonds is 11. The van der Waals surface area contributed by atoms with Crippen molar-refractivity contribution in [2.75, 3.05) is 11.6 Å². The van der Waals surface area contributed by atoms with Crippen LogP contribution >= 0.6 is 11.8 Å². The smallest absolute Gasteiger partial charge is 0.432 e. The molecule has 2 aromatic rings. The average Bonchev–Trinajstić information content (AvgIpc) is 2.85. The van der Waals surface area contributed by atoms with Crippen LogP contribution in [0.3, 0.4) is 0 Å². The van der Waals surface area contributed by atoms with E-state index >= 15 is 0 Å². The molecule has 2 N–H and O–H groups in total. The zero-order chi connectivity index (χ0) is 27.3. The van der Waals surface area contributed by atoms with E-state index in [0.29, 0.717) is 24.5 Å². The number of carbonyl (C=O) groups is 3. The Labute approximate surface area is 209 Å². The molecule has 36 heavy (non-hydrogen) atoms. The SMILES string of the molecule is CC.N#Cc1cc(F)c(N(N)/C(=C\C(=O)[B]C=O)C(F)(F)F)cc1Sc1cccnc1OCCC=O. The van der Waals surface area contributed by atoms with Crippen LogP contribution in [0.25, 0.3) is 0 Å². The third-order valence-corrected chi connectivity index (χ3v) is 5.01. The number of nitriles is 1. The topological polar surface area (TPSA) is 126 Å². The normalized spacial score (nSPS) is 10.9. The summed E-state index contributed by atoms with van der Waals surface area (Å²) in [6.07, 6.45) is -3.03. The number of halogens is 4. The molecule has 2 rings (SSSR count). The molecular formula is C22H20BF4N4O4S. The summed E-state index contributed by atoms with van der Waals surface area (Å²) in [5, 5.41) is 9.28. The van der Waals surface area contributed by atoms with Crippen LogP contribution in [0.1, 0.15) is 25.8 Å². The molecule has 1 aromatic carbocycles. The first-order chi connectivity index (χ1) is 17.1. The second kappa shape index (κ2) is 14.6. The molecule has 0 saturated carbocycles. The fraction of sp³-hybridized carbons (Fsp3) is 0.227. The number of nitrogens with zero attached hydrogens (tertiary/aromatic N) is 3.